The Balaban J connectivity index is 2.17. The summed E-state index contributed by atoms with van der Waals surface area (Å²) in [4.78, 5) is 2.55. The third-order valence-electron chi connectivity index (χ3n) is 6.00. The molecule has 1 aliphatic rings. The lowest BCUT2D eigenvalue weighted by Crippen LogP contribution is -2.50. The van der Waals surface area contributed by atoms with E-state index in [1.54, 1.807) is 0 Å². The van der Waals surface area contributed by atoms with Crippen LogP contribution in [0.4, 0.5) is 5.69 Å². The number of hydrogen-bond acceptors (Lipinski definition) is 2. The van der Waals surface area contributed by atoms with Crippen molar-refractivity contribution >= 4 is 5.69 Å². The van der Waals surface area contributed by atoms with E-state index < -0.39 is 0 Å². The van der Waals surface area contributed by atoms with E-state index in [1.165, 1.54) is 24.1 Å². The number of nitrogens with two attached hydrogens (primary N) is 1. The molecule has 1 fully saturated rings. The van der Waals surface area contributed by atoms with Crippen LogP contribution in [0, 0.1) is 24.2 Å². The van der Waals surface area contributed by atoms with E-state index in [0.29, 0.717) is 23.3 Å². The fourth-order valence-electron chi connectivity index (χ4n) is 3.85. The first kappa shape index (κ1) is 16.4. The molecule has 1 aromatic rings. The number of rotatable bonds is 4. The van der Waals surface area contributed by atoms with Crippen molar-refractivity contribution in [3.63, 3.8) is 0 Å². The summed E-state index contributed by atoms with van der Waals surface area (Å²) in [6, 6.07) is 9.10. The molecule has 2 rings (SSSR count). The highest BCUT2D eigenvalue weighted by Gasteiger charge is 2.42. The Kier molecular flexibility index (Phi) is 4.98. The smallest absolute Gasteiger partial charge is 0.0395 e. The highest BCUT2D eigenvalue weighted by molar-refractivity contribution is 5.52. The van der Waals surface area contributed by atoms with Crippen LogP contribution in [-0.4, -0.2) is 19.1 Å². The highest BCUT2D eigenvalue weighted by atomic mass is 15.1. The molecule has 0 amide bonds. The maximum atomic E-state index is 6.30. The Morgan fingerprint density at radius 1 is 1.24 bits per heavy atom. The lowest BCUT2D eigenvalue weighted by Gasteiger charge is -2.48. The number of benzene rings is 1. The Labute approximate surface area is 130 Å². The summed E-state index contributed by atoms with van der Waals surface area (Å²) in [7, 11) is 0. The van der Waals surface area contributed by atoms with Crippen LogP contribution in [0.15, 0.2) is 24.3 Å². The second kappa shape index (κ2) is 6.39. The van der Waals surface area contributed by atoms with Crippen LogP contribution in [0.5, 0.6) is 0 Å². The number of nitrogens with zero attached hydrogens (tertiary/aromatic N) is 1. The molecule has 2 nitrogen and oxygen atoms in total. The Hall–Kier alpha value is -1.02. The summed E-state index contributed by atoms with van der Waals surface area (Å²) in [5.74, 6) is 1.30. The van der Waals surface area contributed by atoms with Gasteiger partial charge in [-0.15, -0.1) is 0 Å². The first-order chi connectivity index (χ1) is 9.87. The zero-order chi connectivity index (χ0) is 15.6. The summed E-state index contributed by atoms with van der Waals surface area (Å²) < 4.78 is 0. The third kappa shape index (κ3) is 3.26. The van der Waals surface area contributed by atoms with Crippen LogP contribution >= 0.6 is 0 Å². The van der Waals surface area contributed by atoms with Gasteiger partial charge in [0.05, 0.1) is 0 Å². The molecule has 0 bridgehead atoms. The summed E-state index contributed by atoms with van der Waals surface area (Å²) in [6.45, 7) is 13.8. The molecule has 3 atom stereocenters. The van der Waals surface area contributed by atoms with E-state index in [-0.39, 0.29) is 0 Å². The van der Waals surface area contributed by atoms with Gasteiger partial charge in [-0.2, -0.15) is 0 Å². The number of hydrogen-bond donors (Lipinski definition) is 1. The van der Waals surface area contributed by atoms with Gasteiger partial charge in [-0.25, -0.2) is 0 Å². The van der Waals surface area contributed by atoms with Gasteiger partial charge in [0.25, 0.3) is 0 Å². The first-order valence-electron chi connectivity index (χ1n) is 8.44. The second-order valence-electron chi connectivity index (χ2n) is 7.37. The topological polar surface area (TPSA) is 29.3 Å². The van der Waals surface area contributed by atoms with Crippen molar-refractivity contribution in [1.29, 1.82) is 0 Å². The zero-order valence-corrected chi connectivity index (χ0v) is 14.4. The number of anilines is 1. The Bertz CT molecular complexity index is 466. The van der Waals surface area contributed by atoms with Crippen LogP contribution < -0.4 is 10.6 Å². The summed E-state index contributed by atoms with van der Waals surface area (Å²) in [5, 5.41) is 0. The molecule has 2 heteroatoms. The van der Waals surface area contributed by atoms with Gasteiger partial charge in [0.1, 0.15) is 0 Å². The lowest BCUT2D eigenvalue weighted by molar-refractivity contribution is 0.0583. The molecule has 1 aliphatic carbocycles. The van der Waals surface area contributed by atoms with Gasteiger partial charge >= 0.3 is 0 Å². The van der Waals surface area contributed by atoms with Gasteiger partial charge in [-0.05, 0) is 55.6 Å². The maximum Gasteiger partial charge on any atom is 0.0395 e. The second-order valence-corrected chi connectivity index (χ2v) is 7.37. The van der Waals surface area contributed by atoms with E-state index in [4.69, 9.17) is 5.73 Å². The fourth-order valence-corrected chi connectivity index (χ4v) is 3.85. The van der Waals surface area contributed by atoms with Crippen molar-refractivity contribution in [2.24, 2.45) is 23.0 Å². The Morgan fingerprint density at radius 2 is 1.90 bits per heavy atom. The van der Waals surface area contributed by atoms with E-state index >= 15 is 0 Å². The lowest BCUT2D eigenvalue weighted by atomic mass is 9.61. The molecule has 0 aliphatic heterocycles. The first-order valence-corrected chi connectivity index (χ1v) is 8.44. The van der Waals surface area contributed by atoms with E-state index in [0.717, 1.165) is 13.1 Å². The molecular weight excluding hydrogens is 256 g/mol. The summed E-state index contributed by atoms with van der Waals surface area (Å²) in [5.41, 5.74) is 9.37. The average molecular weight is 288 g/mol. The van der Waals surface area contributed by atoms with Crippen LogP contribution in [-0.2, 0) is 0 Å². The average Bonchev–Trinajstić information content (AvgIpc) is 2.46. The number of aryl methyl sites for hydroxylation is 1. The normalized spacial score (nSPS) is 28.4. The molecule has 0 heterocycles. The van der Waals surface area contributed by atoms with Crippen molar-refractivity contribution in [3.8, 4) is 0 Å². The molecule has 0 radical (unpaired) electrons. The minimum Gasteiger partial charge on any atom is -0.371 e. The van der Waals surface area contributed by atoms with Crippen molar-refractivity contribution in [2.75, 3.05) is 18.0 Å². The predicted molar refractivity (Wildman–Crippen MR) is 92.7 cm³/mol. The van der Waals surface area contributed by atoms with Crippen LogP contribution in [0.25, 0.3) is 0 Å². The summed E-state index contributed by atoms with van der Waals surface area (Å²) in [6.07, 6.45) is 2.42. The third-order valence-corrected chi connectivity index (χ3v) is 6.00. The standard InChI is InChI=1S/C19H32N2/c1-6-21(18-10-8-7-9-14(18)2)13-16-11-12-17(20)15(3)19(16,4)5/h7-10,15-17H,6,11-13,20H2,1-5H3. The fraction of sp³-hybridized carbons (Fsp3) is 0.684. The molecule has 3 unspecified atom stereocenters. The molecule has 1 aromatic carbocycles. The van der Waals surface area contributed by atoms with Crippen LogP contribution in [0.1, 0.15) is 46.1 Å². The molecule has 118 valence electrons. The Morgan fingerprint density at radius 3 is 2.52 bits per heavy atom. The van der Waals surface area contributed by atoms with Crippen molar-refractivity contribution < 1.29 is 0 Å². The molecule has 21 heavy (non-hydrogen) atoms. The molecule has 2 N–H and O–H groups in total. The number of para-hydroxylation sites is 1. The van der Waals surface area contributed by atoms with Gasteiger partial charge in [-0.1, -0.05) is 39.0 Å². The van der Waals surface area contributed by atoms with Crippen molar-refractivity contribution in [2.45, 2.75) is 53.5 Å². The quantitative estimate of drug-likeness (QED) is 0.898. The van der Waals surface area contributed by atoms with Crippen LogP contribution in [0.3, 0.4) is 0 Å². The van der Waals surface area contributed by atoms with E-state index in [9.17, 15) is 0 Å². The minimum atomic E-state index is 0.313. The largest absolute Gasteiger partial charge is 0.371 e. The van der Waals surface area contributed by atoms with Crippen molar-refractivity contribution in [1.82, 2.24) is 0 Å². The van der Waals surface area contributed by atoms with Gasteiger partial charge in [0.2, 0.25) is 0 Å². The van der Waals surface area contributed by atoms with Crippen molar-refractivity contribution in [3.05, 3.63) is 29.8 Å². The molecule has 0 aromatic heterocycles. The maximum absolute atomic E-state index is 6.30. The SMILES string of the molecule is CCN(CC1CCC(N)C(C)C1(C)C)c1ccccc1C. The van der Waals surface area contributed by atoms with Gasteiger partial charge < -0.3 is 10.6 Å². The predicted octanol–water partition coefficient (Wildman–Crippen LogP) is 4.22. The van der Waals surface area contributed by atoms with E-state index in [1.807, 2.05) is 0 Å². The molecule has 0 spiro atoms. The van der Waals surface area contributed by atoms with Gasteiger partial charge in [0.15, 0.2) is 0 Å². The zero-order valence-electron chi connectivity index (χ0n) is 14.4. The monoisotopic (exact) mass is 288 g/mol. The molecule has 0 saturated heterocycles. The minimum absolute atomic E-state index is 0.313. The van der Waals surface area contributed by atoms with E-state index in [2.05, 4.69) is 63.8 Å². The van der Waals surface area contributed by atoms with Gasteiger partial charge in [0, 0.05) is 24.8 Å². The molecular formula is C19H32N2. The van der Waals surface area contributed by atoms with Gasteiger partial charge in [-0.3, -0.25) is 0 Å². The van der Waals surface area contributed by atoms with Crippen LogP contribution in [0.2, 0.25) is 0 Å². The summed E-state index contributed by atoms with van der Waals surface area (Å²) >= 11 is 0. The molecule has 1 saturated carbocycles. The highest BCUT2D eigenvalue weighted by Crippen LogP contribution is 2.45.